The largest absolute Gasteiger partial charge is 0.491 e. The van der Waals surface area contributed by atoms with E-state index in [1.54, 1.807) is 0 Å². The first-order valence-electron chi connectivity index (χ1n) is 17.6. The van der Waals surface area contributed by atoms with Gasteiger partial charge in [0.05, 0.1) is 13.2 Å². The Kier molecular flexibility index (Phi) is 9.49. The summed E-state index contributed by atoms with van der Waals surface area (Å²) < 4.78 is 13.0. The number of hydrogen-bond donors (Lipinski definition) is 2. The van der Waals surface area contributed by atoms with Gasteiger partial charge in [-0.1, -0.05) is 146 Å². The SMILES string of the molecule is OCCOc1cc(-c2ccccc2)c2cc(-c3ccccc3)ccc2c1-c1c(OCCO)cc(-c2ccccc2)c2cc(-c3ccccc3)ccc12. The highest BCUT2D eigenvalue weighted by Crippen LogP contribution is 2.51. The normalized spacial score (nSPS) is 11.2. The van der Waals surface area contributed by atoms with E-state index in [1.807, 2.05) is 48.5 Å². The lowest BCUT2D eigenvalue weighted by Crippen LogP contribution is -2.06. The summed E-state index contributed by atoms with van der Waals surface area (Å²) in [6.45, 7) is -0.0140. The number of aliphatic hydroxyl groups is 2. The number of aliphatic hydroxyl groups excluding tert-OH is 2. The standard InChI is InChI=1S/C48H38O4/c49-25-27-51-45-31-41(35-17-9-3-10-18-35)43-29-37(33-13-5-1-6-14-33)21-23-39(43)47(45)48-40-24-22-38(34-15-7-2-8-16-34)30-44(40)42(32-46(48)52-28-26-50)36-19-11-4-12-20-36/h1-24,29-32,49-50H,25-28H2. The van der Waals surface area contributed by atoms with Gasteiger partial charge in [-0.05, 0) is 90.3 Å². The summed E-state index contributed by atoms with van der Waals surface area (Å²) in [6, 6.07) is 58.9. The molecule has 0 aliphatic heterocycles. The van der Waals surface area contributed by atoms with Crippen molar-refractivity contribution < 1.29 is 19.7 Å². The second kappa shape index (κ2) is 15.0. The molecule has 52 heavy (non-hydrogen) atoms. The maximum Gasteiger partial charge on any atom is 0.128 e. The van der Waals surface area contributed by atoms with Crippen molar-refractivity contribution in [1.29, 1.82) is 0 Å². The first kappa shape index (κ1) is 33.0. The molecular formula is C48H38O4. The topological polar surface area (TPSA) is 58.9 Å². The maximum absolute atomic E-state index is 10.0. The van der Waals surface area contributed by atoms with Crippen LogP contribution in [0.25, 0.3) is 77.2 Å². The van der Waals surface area contributed by atoms with Crippen LogP contribution in [0.15, 0.2) is 170 Å². The number of ether oxygens (including phenoxy) is 2. The number of rotatable bonds is 11. The molecule has 0 radical (unpaired) electrons. The summed E-state index contributed by atoms with van der Waals surface area (Å²) in [5.41, 5.74) is 10.4. The zero-order chi connectivity index (χ0) is 35.3. The van der Waals surface area contributed by atoms with Gasteiger partial charge >= 0.3 is 0 Å². The molecule has 8 aromatic carbocycles. The maximum atomic E-state index is 10.0. The lowest BCUT2D eigenvalue weighted by molar-refractivity contribution is 0.200. The van der Waals surface area contributed by atoms with Crippen LogP contribution in [0, 0.1) is 0 Å². The highest BCUT2D eigenvalue weighted by Gasteiger charge is 2.24. The molecule has 0 bridgehead atoms. The van der Waals surface area contributed by atoms with Crippen LogP contribution in [-0.4, -0.2) is 36.6 Å². The Hall–Kier alpha value is -6.20. The fourth-order valence-corrected chi connectivity index (χ4v) is 7.19. The molecule has 4 heteroatoms. The van der Waals surface area contributed by atoms with E-state index >= 15 is 0 Å². The van der Waals surface area contributed by atoms with Crippen molar-refractivity contribution in [2.45, 2.75) is 0 Å². The summed E-state index contributed by atoms with van der Waals surface area (Å²) in [5.74, 6) is 1.28. The van der Waals surface area contributed by atoms with E-state index in [-0.39, 0.29) is 26.4 Å². The van der Waals surface area contributed by atoms with Crippen LogP contribution in [0.3, 0.4) is 0 Å². The third-order valence-electron chi connectivity index (χ3n) is 9.53. The van der Waals surface area contributed by atoms with E-state index in [0.29, 0.717) is 11.5 Å². The van der Waals surface area contributed by atoms with Gasteiger partial charge in [-0.2, -0.15) is 0 Å². The van der Waals surface area contributed by atoms with Crippen molar-refractivity contribution in [3.8, 4) is 67.1 Å². The predicted octanol–water partition coefficient (Wildman–Crippen LogP) is 11.1. The third-order valence-corrected chi connectivity index (χ3v) is 9.53. The van der Waals surface area contributed by atoms with Gasteiger partial charge in [-0.25, -0.2) is 0 Å². The Labute approximate surface area is 303 Å². The van der Waals surface area contributed by atoms with Crippen LogP contribution in [0.1, 0.15) is 0 Å². The van der Waals surface area contributed by atoms with Crippen LogP contribution >= 0.6 is 0 Å². The van der Waals surface area contributed by atoms with Gasteiger partial charge in [0, 0.05) is 11.1 Å². The zero-order valence-electron chi connectivity index (χ0n) is 28.7. The van der Waals surface area contributed by atoms with Crippen molar-refractivity contribution in [3.05, 3.63) is 170 Å². The highest BCUT2D eigenvalue weighted by molar-refractivity contribution is 6.16. The molecule has 2 N–H and O–H groups in total. The Balaban J connectivity index is 1.50. The molecule has 0 fully saturated rings. The van der Waals surface area contributed by atoms with Crippen LogP contribution in [0.2, 0.25) is 0 Å². The van der Waals surface area contributed by atoms with Crippen molar-refractivity contribution in [3.63, 3.8) is 0 Å². The molecule has 4 nitrogen and oxygen atoms in total. The molecule has 8 aromatic rings. The van der Waals surface area contributed by atoms with E-state index in [9.17, 15) is 10.2 Å². The quantitative estimate of drug-likeness (QED) is 0.143. The average Bonchev–Trinajstić information content (AvgIpc) is 3.22. The van der Waals surface area contributed by atoms with Crippen LogP contribution in [0.4, 0.5) is 0 Å². The van der Waals surface area contributed by atoms with Gasteiger partial charge in [0.15, 0.2) is 0 Å². The first-order valence-corrected chi connectivity index (χ1v) is 17.6. The zero-order valence-corrected chi connectivity index (χ0v) is 28.7. The van der Waals surface area contributed by atoms with Crippen molar-refractivity contribution in [1.82, 2.24) is 0 Å². The fourth-order valence-electron chi connectivity index (χ4n) is 7.19. The minimum Gasteiger partial charge on any atom is -0.491 e. The Morgan fingerprint density at radius 1 is 0.327 bits per heavy atom. The molecule has 0 aromatic heterocycles. The molecule has 0 saturated heterocycles. The van der Waals surface area contributed by atoms with E-state index in [1.165, 1.54) is 0 Å². The number of benzene rings is 8. The molecule has 0 atom stereocenters. The van der Waals surface area contributed by atoms with Gasteiger partial charge < -0.3 is 19.7 Å². The molecule has 0 aliphatic rings. The van der Waals surface area contributed by atoms with Gasteiger partial charge in [0.25, 0.3) is 0 Å². The second-order valence-electron chi connectivity index (χ2n) is 12.7. The summed E-state index contributed by atoms with van der Waals surface area (Å²) in [5, 5.41) is 24.1. The number of hydrogen-bond acceptors (Lipinski definition) is 4. The van der Waals surface area contributed by atoms with Crippen LogP contribution < -0.4 is 9.47 Å². The van der Waals surface area contributed by atoms with E-state index in [4.69, 9.17) is 9.47 Å². The summed E-state index contributed by atoms with van der Waals surface area (Å²) >= 11 is 0. The third kappa shape index (κ3) is 6.42. The summed E-state index contributed by atoms with van der Waals surface area (Å²) in [4.78, 5) is 0. The summed E-state index contributed by atoms with van der Waals surface area (Å²) in [7, 11) is 0. The molecule has 0 spiro atoms. The molecule has 0 amide bonds. The van der Waals surface area contributed by atoms with Crippen molar-refractivity contribution >= 4 is 21.5 Å². The average molecular weight is 679 g/mol. The fraction of sp³-hybridized carbons (Fsp3) is 0.0833. The van der Waals surface area contributed by atoms with Gasteiger partial charge in [-0.15, -0.1) is 0 Å². The Bertz CT molecular complexity index is 2280. The van der Waals surface area contributed by atoms with E-state index < -0.39 is 0 Å². The smallest absolute Gasteiger partial charge is 0.128 e. The monoisotopic (exact) mass is 678 g/mol. The minimum atomic E-state index is -0.132. The molecule has 0 saturated carbocycles. The lowest BCUT2D eigenvalue weighted by Gasteiger charge is -2.23. The Morgan fingerprint density at radius 3 is 1.02 bits per heavy atom. The molecular weight excluding hydrogens is 641 g/mol. The molecule has 8 rings (SSSR count). The van der Waals surface area contributed by atoms with E-state index in [0.717, 1.165) is 77.2 Å². The Morgan fingerprint density at radius 2 is 0.673 bits per heavy atom. The first-order chi connectivity index (χ1) is 25.7. The van der Waals surface area contributed by atoms with Crippen LogP contribution in [0.5, 0.6) is 11.5 Å². The molecule has 0 unspecified atom stereocenters. The van der Waals surface area contributed by atoms with Crippen LogP contribution in [-0.2, 0) is 0 Å². The molecule has 254 valence electrons. The summed E-state index contributed by atoms with van der Waals surface area (Å²) in [6.07, 6.45) is 0. The molecule has 0 aliphatic carbocycles. The number of fused-ring (bicyclic) bond motifs is 2. The van der Waals surface area contributed by atoms with Gasteiger partial charge in [0.1, 0.15) is 24.7 Å². The highest BCUT2D eigenvalue weighted by atomic mass is 16.5. The predicted molar refractivity (Wildman–Crippen MR) is 214 cm³/mol. The second-order valence-corrected chi connectivity index (χ2v) is 12.7. The van der Waals surface area contributed by atoms with Crippen molar-refractivity contribution in [2.24, 2.45) is 0 Å². The van der Waals surface area contributed by atoms with Crippen molar-refractivity contribution in [2.75, 3.05) is 26.4 Å². The minimum absolute atomic E-state index is 0.125. The van der Waals surface area contributed by atoms with Gasteiger partial charge in [0.2, 0.25) is 0 Å². The van der Waals surface area contributed by atoms with Gasteiger partial charge in [-0.3, -0.25) is 0 Å². The van der Waals surface area contributed by atoms with E-state index in [2.05, 4.69) is 121 Å². The lowest BCUT2D eigenvalue weighted by atomic mass is 9.85. The molecule has 0 heterocycles.